The highest BCUT2D eigenvalue weighted by atomic mass is 19.4. The van der Waals surface area contributed by atoms with Crippen molar-refractivity contribution in [2.24, 2.45) is 5.73 Å². The monoisotopic (exact) mass is 279 g/mol. The molecule has 4 N–H and O–H groups in total. The molecule has 0 aromatic carbocycles. The van der Waals surface area contributed by atoms with E-state index < -0.39 is 24.8 Å². The van der Waals surface area contributed by atoms with Crippen LogP contribution in [0.15, 0.2) is 6.20 Å². The Balaban J connectivity index is 3.29. The zero-order valence-corrected chi connectivity index (χ0v) is 9.95. The van der Waals surface area contributed by atoms with Gasteiger partial charge in [-0.15, -0.1) is 13.2 Å². The average Bonchev–Trinajstić information content (AvgIpc) is 2.29. The summed E-state index contributed by atoms with van der Waals surface area (Å²) in [4.78, 5) is 15.0. The zero-order valence-electron chi connectivity index (χ0n) is 9.95. The number of pyridine rings is 1. The van der Waals surface area contributed by atoms with E-state index in [1.807, 2.05) is 0 Å². The van der Waals surface area contributed by atoms with Gasteiger partial charge in [0.05, 0.1) is 24.1 Å². The van der Waals surface area contributed by atoms with Crippen molar-refractivity contribution in [3.8, 4) is 5.88 Å². The van der Waals surface area contributed by atoms with E-state index in [1.54, 1.807) is 6.92 Å². The molecule has 0 amide bonds. The average molecular weight is 279 g/mol. The largest absolute Gasteiger partial charge is 0.574 e. The molecule has 0 aliphatic heterocycles. The summed E-state index contributed by atoms with van der Waals surface area (Å²) in [5, 5.41) is 0. The number of rotatable bonds is 4. The molecule has 0 saturated heterocycles. The number of halogens is 3. The van der Waals surface area contributed by atoms with Gasteiger partial charge >= 0.3 is 12.3 Å². The van der Waals surface area contributed by atoms with Crippen LogP contribution >= 0.6 is 0 Å². The Morgan fingerprint density at radius 1 is 1.47 bits per heavy atom. The summed E-state index contributed by atoms with van der Waals surface area (Å²) in [6.07, 6.45) is -4.06. The first-order chi connectivity index (χ1) is 8.80. The van der Waals surface area contributed by atoms with Crippen molar-refractivity contribution in [2.75, 3.05) is 12.3 Å². The molecule has 1 heterocycles. The van der Waals surface area contributed by atoms with Gasteiger partial charge in [0.1, 0.15) is 0 Å². The van der Waals surface area contributed by atoms with Gasteiger partial charge in [-0.3, -0.25) is 0 Å². The molecule has 106 valence electrons. The summed E-state index contributed by atoms with van der Waals surface area (Å²) in [5.41, 5.74) is 10.2. The Kier molecular flexibility index (Phi) is 4.54. The number of aromatic nitrogens is 1. The topological polar surface area (TPSA) is 100 Å². The van der Waals surface area contributed by atoms with Crippen molar-refractivity contribution in [2.45, 2.75) is 19.8 Å². The summed E-state index contributed by atoms with van der Waals surface area (Å²) in [5.74, 6) is -1.69. The van der Waals surface area contributed by atoms with E-state index in [-0.39, 0.29) is 23.4 Å². The lowest BCUT2D eigenvalue weighted by Gasteiger charge is -2.15. The number of carbonyl (C=O) groups excluding carboxylic acids is 1. The van der Waals surface area contributed by atoms with E-state index in [0.717, 1.165) is 6.20 Å². The SMILES string of the molecule is CCOC(=O)c1c(N)cnc(OC(F)(F)F)c1CN. The summed E-state index contributed by atoms with van der Waals surface area (Å²) in [6, 6.07) is 0. The predicted molar refractivity (Wildman–Crippen MR) is 59.2 cm³/mol. The fourth-order valence-electron chi connectivity index (χ4n) is 1.38. The molecule has 0 radical (unpaired) electrons. The number of carbonyl (C=O) groups is 1. The Bertz CT molecular complexity index is 477. The third kappa shape index (κ3) is 3.71. The normalized spacial score (nSPS) is 11.2. The van der Waals surface area contributed by atoms with Crippen molar-refractivity contribution in [1.82, 2.24) is 4.98 Å². The van der Waals surface area contributed by atoms with Gasteiger partial charge in [-0.1, -0.05) is 0 Å². The maximum atomic E-state index is 12.2. The van der Waals surface area contributed by atoms with E-state index in [2.05, 4.69) is 9.72 Å². The molecule has 0 spiro atoms. The fourth-order valence-corrected chi connectivity index (χ4v) is 1.38. The molecule has 19 heavy (non-hydrogen) atoms. The zero-order chi connectivity index (χ0) is 14.6. The maximum Gasteiger partial charge on any atom is 0.574 e. The van der Waals surface area contributed by atoms with Crippen molar-refractivity contribution in [3.63, 3.8) is 0 Å². The summed E-state index contributed by atoms with van der Waals surface area (Å²) < 4.78 is 45.0. The van der Waals surface area contributed by atoms with Gasteiger partial charge in [0.15, 0.2) is 0 Å². The molecule has 0 aliphatic carbocycles. The van der Waals surface area contributed by atoms with E-state index in [9.17, 15) is 18.0 Å². The molecule has 1 rings (SSSR count). The number of nitrogen functional groups attached to an aromatic ring is 1. The van der Waals surface area contributed by atoms with Crippen LogP contribution in [0.2, 0.25) is 0 Å². The summed E-state index contributed by atoms with van der Waals surface area (Å²) >= 11 is 0. The number of nitrogens with two attached hydrogens (primary N) is 2. The number of anilines is 1. The standard InChI is InChI=1S/C10H12F3N3O3/c1-2-18-9(17)7-5(3-14)8(16-4-6(7)15)19-10(11,12)13/h4H,2-3,14-15H2,1H3. The van der Waals surface area contributed by atoms with Crippen LogP contribution in [0, 0.1) is 0 Å². The fraction of sp³-hybridized carbons (Fsp3) is 0.400. The van der Waals surface area contributed by atoms with Crippen LogP contribution in [0.25, 0.3) is 0 Å². The number of hydrogen-bond acceptors (Lipinski definition) is 6. The molecule has 0 saturated carbocycles. The lowest BCUT2D eigenvalue weighted by molar-refractivity contribution is -0.276. The van der Waals surface area contributed by atoms with Gasteiger partial charge in [0, 0.05) is 12.1 Å². The Morgan fingerprint density at radius 3 is 2.58 bits per heavy atom. The summed E-state index contributed by atoms with van der Waals surface area (Å²) in [7, 11) is 0. The van der Waals surface area contributed by atoms with Crippen LogP contribution in [0.5, 0.6) is 5.88 Å². The highest BCUT2D eigenvalue weighted by Gasteiger charge is 2.34. The van der Waals surface area contributed by atoms with Crippen LogP contribution in [0.1, 0.15) is 22.8 Å². The van der Waals surface area contributed by atoms with Gasteiger partial charge in [-0.2, -0.15) is 0 Å². The molecular formula is C10H12F3N3O3. The van der Waals surface area contributed by atoms with Gasteiger partial charge in [0.2, 0.25) is 5.88 Å². The number of hydrogen-bond donors (Lipinski definition) is 2. The molecule has 0 bridgehead atoms. The van der Waals surface area contributed by atoms with Gasteiger partial charge in [-0.05, 0) is 6.92 Å². The van der Waals surface area contributed by atoms with E-state index >= 15 is 0 Å². The van der Waals surface area contributed by atoms with Crippen LogP contribution in [-0.2, 0) is 11.3 Å². The molecule has 9 heteroatoms. The third-order valence-corrected chi connectivity index (χ3v) is 2.07. The molecule has 0 atom stereocenters. The highest BCUT2D eigenvalue weighted by Crippen LogP contribution is 2.29. The maximum absolute atomic E-state index is 12.2. The molecule has 1 aromatic heterocycles. The molecule has 0 fully saturated rings. The minimum atomic E-state index is -4.95. The second-order valence-corrected chi connectivity index (χ2v) is 3.34. The number of alkyl halides is 3. The summed E-state index contributed by atoms with van der Waals surface area (Å²) in [6.45, 7) is 1.18. The molecular weight excluding hydrogens is 267 g/mol. The van der Waals surface area contributed by atoms with Gasteiger partial charge in [0.25, 0.3) is 0 Å². The first-order valence-electron chi connectivity index (χ1n) is 5.20. The van der Waals surface area contributed by atoms with Crippen molar-refractivity contribution in [3.05, 3.63) is 17.3 Å². The first-order valence-corrected chi connectivity index (χ1v) is 5.20. The van der Waals surface area contributed by atoms with Crippen LogP contribution in [0.3, 0.4) is 0 Å². The quantitative estimate of drug-likeness (QED) is 0.803. The highest BCUT2D eigenvalue weighted by molar-refractivity contribution is 5.97. The van der Waals surface area contributed by atoms with Crippen molar-refractivity contribution < 1.29 is 27.4 Å². The van der Waals surface area contributed by atoms with Crippen LogP contribution < -0.4 is 16.2 Å². The molecule has 1 aromatic rings. The third-order valence-electron chi connectivity index (χ3n) is 2.07. The second-order valence-electron chi connectivity index (χ2n) is 3.34. The second kappa shape index (κ2) is 5.74. The molecule has 6 nitrogen and oxygen atoms in total. The first kappa shape index (κ1) is 15.0. The van der Waals surface area contributed by atoms with E-state index in [0.29, 0.717) is 0 Å². The Morgan fingerprint density at radius 2 is 2.11 bits per heavy atom. The van der Waals surface area contributed by atoms with Crippen LogP contribution in [0.4, 0.5) is 18.9 Å². The number of ether oxygens (including phenoxy) is 2. The Labute approximate surface area is 106 Å². The van der Waals surface area contributed by atoms with Crippen LogP contribution in [-0.4, -0.2) is 23.9 Å². The van der Waals surface area contributed by atoms with E-state index in [1.165, 1.54) is 0 Å². The minimum absolute atomic E-state index is 0.0417. The lowest BCUT2D eigenvalue weighted by Crippen LogP contribution is -2.22. The number of nitrogens with zero attached hydrogens (tertiary/aromatic N) is 1. The van der Waals surface area contributed by atoms with Crippen molar-refractivity contribution in [1.29, 1.82) is 0 Å². The Hall–Kier alpha value is -2.03. The molecule has 0 aliphatic rings. The predicted octanol–water partition coefficient (Wildman–Crippen LogP) is 1.20. The molecule has 0 unspecified atom stereocenters. The van der Waals surface area contributed by atoms with Crippen molar-refractivity contribution >= 4 is 11.7 Å². The lowest BCUT2D eigenvalue weighted by atomic mass is 10.1. The minimum Gasteiger partial charge on any atom is -0.462 e. The van der Waals surface area contributed by atoms with Gasteiger partial charge in [-0.25, -0.2) is 9.78 Å². The van der Waals surface area contributed by atoms with E-state index in [4.69, 9.17) is 16.2 Å². The van der Waals surface area contributed by atoms with Gasteiger partial charge < -0.3 is 20.9 Å². The smallest absolute Gasteiger partial charge is 0.462 e. The number of esters is 1.